The molecule has 1 atom stereocenters. The van der Waals surface area contributed by atoms with Crippen LogP contribution in [0.25, 0.3) is 0 Å². The largest absolute Gasteiger partial charge is 0.465 e. The zero-order chi connectivity index (χ0) is 14.8. The summed E-state index contributed by atoms with van der Waals surface area (Å²) >= 11 is 3.23. The minimum Gasteiger partial charge on any atom is -0.465 e. The van der Waals surface area contributed by atoms with Crippen molar-refractivity contribution in [1.29, 1.82) is 0 Å². The third-order valence-corrected chi connectivity index (χ3v) is 5.62. The van der Waals surface area contributed by atoms with Crippen LogP contribution in [0.2, 0.25) is 0 Å². The van der Waals surface area contributed by atoms with Gasteiger partial charge in [-0.1, -0.05) is 12.1 Å². The number of anilines is 1. The van der Waals surface area contributed by atoms with Crippen LogP contribution in [0.1, 0.15) is 26.0 Å². The molecule has 2 heterocycles. The Morgan fingerprint density at radius 3 is 2.76 bits per heavy atom. The number of hydrogen-bond acceptors (Lipinski definition) is 5. The number of methoxy groups -OCH3 is 1. The summed E-state index contributed by atoms with van der Waals surface area (Å²) < 4.78 is 4.70. The van der Waals surface area contributed by atoms with Gasteiger partial charge in [-0.05, 0) is 29.1 Å². The second-order valence-corrected chi connectivity index (χ2v) is 6.59. The predicted molar refractivity (Wildman–Crippen MR) is 85.0 cm³/mol. The molecule has 4 nitrogen and oxygen atoms in total. The standard InChI is InChI=1S/C15H13NO3S2/c1-19-15(18)10-4-2-9(3-5-10)13-14-11(6-7-20-14)16-12(17)8-21-13/h2-7,13H,8H2,1H3,(H,16,17)/t13-/m1/s1. The van der Waals surface area contributed by atoms with Crippen LogP contribution in [0.5, 0.6) is 0 Å². The number of hydrogen-bond donors (Lipinski definition) is 1. The minimum atomic E-state index is -0.344. The Bertz CT molecular complexity index is 678. The molecule has 0 fully saturated rings. The Kier molecular flexibility index (Phi) is 3.98. The van der Waals surface area contributed by atoms with Gasteiger partial charge in [-0.3, -0.25) is 4.79 Å². The molecule has 1 aromatic carbocycles. The van der Waals surface area contributed by atoms with Gasteiger partial charge in [0.25, 0.3) is 0 Å². The Morgan fingerprint density at radius 1 is 1.29 bits per heavy atom. The number of ether oxygens (including phenoxy) is 1. The van der Waals surface area contributed by atoms with Crippen LogP contribution in [-0.2, 0) is 9.53 Å². The van der Waals surface area contributed by atoms with Gasteiger partial charge in [0.15, 0.2) is 0 Å². The van der Waals surface area contributed by atoms with Crippen molar-refractivity contribution in [3.63, 3.8) is 0 Å². The first-order valence-electron chi connectivity index (χ1n) is 6.36. The first-order chi connectivity index (χ1) is 10.2. The third-order valence-electron chi connectivity index (χ3n) is 3.22. The highest BCUT2D eigenvalue weighted by molar-refractivity contribution is 8.00. The fraction of sp³-hybridized carbons (Fsp3) is 0.200. The number of thioether (sulfide) groups is 1. The molecule has 1 amide bonds. The van der Waals surface area contributed by atoms with E-state index < -0.39 is 0 Å². The van der Waals surface area contributed by atoms with Gasteiger partial charge in [-0.15, -0.1) is 23.1 Å². The van der Waals surface area contributed by atoms with E-state index in [9.17, 15) is 9.59 Å². The van der Waals surface area contributed by atoms with E-state index in [-0.39, 0.29) is 17.1 Å². The van der Waals surface area contributed by atoms with Gasteiger partial charge in [0.05, 0.1) is 29.4 Å². The van der Waals surface area contributed by atoms with Gasteiger partial charge in [0, 0.05) is 4.88 Å². The van der Waals surface area contributed by atoms with Crippen LogP contribution in [0.4, 0.5) is 5.69 Å². The summed E-state index contributed by atoms with van der Waals surface area (Å²) in [4.78, 5) is 24.3. The van der Waals surface area contributed by atoms with Crippen molar-refractivity contribution >= 4 is 40.7 Å². The maximum Gasteiger partial charge on any atom is 0.337 e. The van der Waals surface area contributed by atoms with Gasteiger partial charge in [-0.2, -0.15) is 0 Å². The predicted octanol–water partition coefficient (Wildman–Crippen LogP) is 3.31. The molecule has 0 radical (unpaired) electrons. The van der Waals surface area contributed by atoms with Crippen LogP contribution < -0.4 is 5.32 Å². The number of carbonyl (C=O) groups is 2. The summed E-state index contributed by atoms with van der Waals surface area (Å²) in [5.41, 5.74) is 2.49. The molecule has 3 rings (SSSR count). The highest BCUT2D eigenvalue weighted by Crippen LogP contribution is 2.44. The molecule has 0 spiro atoms. The zero-order valence-corrected chi connectivity index (χ0v) is 12.9. The molecular weight excluding hydrogens is 306 g/mol. The van der Waals surface area contributed by atoms with Crippen LogP contribution in [0.15, 0.2) is 35.7 Å². The molecule has 0 unspecified atom stereocenters. The number of amides is 1. The smallest absolute Gasteiger partial charge is 0.337 e. The van der Waals surface area contributed by atoms with Crippen molar-refractivity contribution in [2.45, 2.75) is 5.25 Å². The summed E-state index contributed by atoms with van der Waals surface area (Å²) in [6.07, 6.45) is 0. The molecule has 1 N–H and O–H groups in total. The summed E-state index contributed by atoms with van der Waals surface area (Å²) in [5.74, 6) is 0.0993. The lowest BCUT2D eigenvalue weighted by Gasteiger charge is -2.14. The van der Waals surface area contributed by atoms with E-state index in [2.05, 4.69) is 5.32 Å². The summed E-state index contributed by atoms with van der Waals surface area (Å²) in [5, 5.41) is 5.00. The third kappa shape index (κ3) is 2.82. The molecular formula is C15H13NO3S2. The van der Waals surface area contributed by atoms with Crippen LogP contribution in [-0.4, -0.2) is 24.7 Å². The Hall–Kier alpha value is -1.79. The molecule has 1 aromatic heterocycles. The number of nitrogens with one attached hydrogen (secondary N) is 1. The van der Waals surface area contributed by atoms with Gasteiger partial charge in [0.2, 0.25) is 5.91 Å². The first kappa shape index (κ1) is 14.2. The SMILES string of the molecule is COC(=O)c1ccc([C@H]2SCC(=O)Nc3ccsc32)cc1. The van der Waals surface area contributed by atoms with E-state index in [4.69, 9.17) is 4.74 Å². The normalized spacial score (nSPS) is 17.6. The van der Waals surface area contributed by atoms with Crippen LogP contribution >= 0.6 is 23.1 Å². The zero-order valence-electron chi connectivity index (χ0n) is 11.3. The van der Waals surface area contributed by atoms with E-state index in [0.29, 0.717) is 11.3 Å². The number of fused-ring (bicyclic) bond motifs is 1. The van der Waals surface area contributed by atoms with Crippen molar-refractivity contribution < 1.29 is 14.3 Å². The topological polar surface area (TPSA) is 55.4 Å². The molecule has 21 heavy (non-hydrogen) atoms. The second kappa shape index (κ2) is 5.91. The highest BCUT2D eigenvalue weighted by Gasteiger charge is 2.25. The molecule has 6 heteroatoms. The fourth-order valence-electron chi connectivity index (χ4n) is 2.21. The molecule has 2 aromatic rings. The number of carbonyl (C=O) groups excluding carboxylic acids is 2. The molecule has 1 aliphatic heterocycles. The lowest BCUT2D eigenvalue weighted by molar-refractivity contribution is -0.113. The fourth-order valence-corrected chi connectivity index (χ4v) is 4.45. The lowest BCUT2D eigenvalue weighted by atomic mass is 10.1. The van der Waals surface area contributed by atoms with Gasteiger partial charge < -0.3 is 10.1 Å². The summed E-state index contributed by atoms with van der Waals surface area (Å²) in [7, 11) is 1.37. The first-order valence-corrected chi connectivity index (χ1v) is 8.29. The van der Waals surface area contributed by atoms with Crippen LogP contribution in [0, 0.1) is 0 Å². The van der Waals surface area contributed by atoms with E-state index in [1.807, 2.05) is 23.6 Å². The van der Waals surface area contributed by atoms with Crippen molar-refractivity contribution in [2.24, 2.45) is 0 Å². The van der Waals surface area contributed by atoms with E-state index >= 15 is 0 Å². The van der Waals surface area contributed by atoms with Crippen molar-refractivity contribution in [1.82, 2.24) is 0 Å². The number of benzene rings is 1. The summed E-state index contributed by atoms with van der Waals surface area (Å²) in [6.45, 7) is 0. The summed E-state index contributed by atoms with van der Waals surface area (Å²) in [6, 6.07) is 9.29. The monoisotopic (exact) mass is 319 g/mol. The van der Waals surface area contributed by atoms with E-state index in [1.165, 1.54) is 7.11 Å². The Labute approximate surface area is 130 Å². The van der Waals surface area contributed by atoms with Gasteiger partial charge in [0.1, 0.15) is 0 Å². The number of thiophene rings is 1. The molecule has 108 valence electrons. The molecule has 0 saturated carbocycles. The highest BCUT2D eigenvalue weighted by atomic mass is 32.2. The Balaban J connectivity index is 1.93. The average Bonchev–Trinajstić information content (AvgIpc) is 2.89. The molecule has 0 bridgehead atoms. The van der Waals surface area contributed by atoms with E-state index in [1.54, 1.807) is 35.2 Å². The minimum absolute atomic E-state index is 0.0216. The van der Waals surface area contributed by atoms with Gasteiger partial charge >= 0.3 is 5.97 Å². The average molecular weight is 319 g/mol. The maximum absolute atomic E-state index is 11.7. The molecule has 0 aliphatic carbocycles. The maximum atomic E-state index is 11.7. The van der Waals surface area contributed by atoms with E-state index in [0.717, 1.165) is 16.1 Å². The molecule has 0 saturated heterocycles. The number of rotatable bonds is 2. The lowest BCUT2D eigenvalue weighted by Crippen LogP contribution is -2.11. The van der Waals surface area contributed by atoms with Crippen LogP contribution in [0.3, 0.4) is 0 Å². The van der Waals surface area contributed by atoms with Crippen molar-refractivity contribution in [2.75, 3.05) is 18.2 Å². The number of esters is 1. The quantitative estimate of drug-likeness (QED) is 0.863. The molecule has 1 aliphatic rings. The van der Waals surface area contributed by atoms with Gasteiger partial charge in [-0.25, -0.2) is 4.79 Å². The van der Waals surface area contributed by atoms with Crippen molar-refractivity contribution in [3.8, 4) is 0 Å². The second-order valence-electron chi connectivity index (χ2n) is 4.55. The van der Waals surface area contributed by atoms with Crippen molar-refractivity contribution in [3.05, 3.63) is 51.7 Å². The Morgan fingerprint density at radius 2 is 2.05 bits per heavy atom.